The number of carbonyl (C=O) groups excluding carboxylic acids is 2. The van der Waals surface area contributed by atoms with Gasteiger partial charge >= 0.3 is 0 Å². The first kappa shape index (κ1) is 20.8. The van der Waals surface area contributed by atoms with Gasteiger partial charge in [-0.2, -0.15) is 0 Å². The standard InChI is InChI=1S/C23H29N3O3S/c27-22(16-8-4-5-9-16)25-18-12-6-7-13-19(18)26-23(28)20-15-30-21(24-20)14-29-17-10-2-1-3-11-17/h1-3,10-11,15-16,18-19H,4-9,12-14H2,(H,25,27)(H,26,28). The van der Waals surface area contributed by atoms with Gasteiger partial charge in [-0.1, -0.05) is 43.9 Å². The maximum absolute atomic E-state index is 12.8. The molecule has 1 aromatic heterocycles. The van der Waals surface area contributed by atoms with Crippen molar-refractivity contribution in [3.8, 4) is 5.75 Å². The Hall–Kier alpha value is -2.41. The molecular formula is C23H29N3O3S. The van der Waals surface area contributed by atoms with Crippen molar-refractivity contribution in [1.29, 1.82) is 0 Å². The van der Waals surface area contributed by atoms with Gasteiger partial charge in [0.15, 0.2) is 0 Å². The summed E-state index contributed by atoms with van der Waals surface area (Å²) in [5, 5.41) is 8.87. The van der Waals surface area contributed by atoms with Crippen LogP contribution in [0.3, 0.4) is 0 Å². The average molecular weight is 428 g/mol. The minimum absolute atomic E-state index is 0.00956. The summed E-state index contributed by atoms with van der Waals surface area (Å²) in [5.74, 6) is 0.910. The first-order valence-corrected chi connectivity index (χ1v) is 11.8. The molecule has 0 bridgehead atoms. The van der Waals surface area contributed by atoms with E-state index in [4.69, 9.17) is 4.74 Å². The molecule has 2 amide bonds. The number of aromatic nitrogens is 1. The van der Waals surface area contributed by atoms with E-state index in [0.29, 0.717) is 12.3 Å². The van der Waals surface area contributed by atoms with E-state index in [1.165, 1.54) is 11.3 Å². The summed E-state index contributed by atoms with van der Waals surface area (Å²) in [4.78, 5) is 29.8. The number of hydrogen-bond acceptors (Lipinski definition) is 5. The fourth-order valence-corrected chi connectivity index (χ4v) is 5.04. The minimum atomic E-state index is -0.177. The second-order valence-corrected chi connectivity index (χ2v) is 9.13. The van der Waals surface area contributed by atoms with Gasteiger partial charge in [-0.15, -0.1) is 11.3 Å². The number of nitrogens with zero attached hydrogens (tertiary/aromatic N) is 1. The molecule has 2 fully saturated rings. The Morgan fingerprint density at radius 2 is 1.63 bits per heavy atom. The summed E-state index contributed by atoms with van der Waals surface area (Å²) in [7, 11) is 0. The van der Waals surface area contributed by atoms with Crippen LogP contribution in [0.4, 0.5) is 0 Å². The van der Waals surface area contributed by atoms with Crippen LogP contribution in [-0.2, 0) is 11.4 Å². The lowest BCUT2D eigenvalue weighted by Crippen LogP contribution is -2.54. The number of amides is 2. The van der Waals surface area contributed by atoms with Crippen LogP contribution in [0, 0.1) is 5.92 Å². The van der Waals surface area contributed by atoms with E-state index < -0.39 is 0 Å². The van der Waals surface area contributed by atoms with Gasteiger partial charge in [-0.25, -0.2) is 4.98 Å². The molecule has 0 aliphatic heterocycles. The highest BCUT2D eigenvalue weighted by Crippen LogP contribution is 2.26. The molecule has 160 valence electrons. The Kier molecular flexibility index (Phi) is 7.00. The van der Waals surface area contributed by atoms with E-state index in [-0.39, 0.29) is 29.8 Å². The summed E-state index contributed by atoms with van der Waals surface area (Å²) in [6.45, 7) is 0.339. The lowest BCUT2D eigenvalue weighted by Gasteiger charge is -2.33. The number of hydrogen-bond donors (Lipinski definition) is 2. The van der Waals surface area contributed by atoms with E-state index in [1.54, 1.807) is 5.38 Å². The zero-order valence-corrected chi connectivity index (χ0v) is 18.0. The number of nitrogens with one attached hydrogen (secondary N) is 2. The van der Waals surface area contributed by atoms with Gasteiger partial charge < -0.3 is 15.4 Å². The summed E-state index contributed by atoms with van der Waals surface area (Å²) >= 11 is 1.42. The van der Waals surface area contributed by atoms with Gasteiger partial charge in [0, 0.05) is 23.4 Å². The first-order chi connectivity index (χ1) is 14.7. The largest absolute Gasteiger partial charge is 0.486 e. The number of thiazole rings is 1. The van der Waals surface area contributed by atoms with Crippen LogP contribution in [0.2, 0.25) is 0 Å². The van der Waals surface area contributed by atoms with Crippen molar-refractivity contribution >= 4 is 23.2 Å². The molecule has 7 heteroatoms. The molecule has 0 radical (unpaired) electrons. The van der Waals surface area contributed by atoms with Gasteiger partial charge in [0.2, 0.25) is 5.91 Å². The van der Waals surface area contributed by atoms with Crippen molar-refractivity contribution in [2.24, 2.45) is 5.92 Å². The Balaban J connectivity index is 1.31. The predicted octanol–water partition coefficient (Wildman–Crippen LogP) is 4.07. The molecule has 0 saturated heterocycles. The Bertz CT molecular complexity index is 848. The predicted molar refractivity (Wildman–Crippen MR) is 116 cm³/mol. The highest BCUT2D eigenvalue weighted by molar-refractivity contribution is 7.09. The van der Waals surface area contributed by atoms with Crippen LogP contribution < -0.4 is 15.4 Å². The third kappa shape index (κ3) is 5.39. The second-order valence-electron chi connectivity index (χ2n) is 8.19. The molecule has 4 rings (SSSR count). The van der Waals surface area contributed by atoms with Crippen LogP contribution in [0.15, 0.2) is 35.7 Å². The zero-order valence-electron chi connectivity index (χ0n) is 17.1. The van der Waals surface area contributed by atoms with Crippen LogP contribution in [-0.4, -0.2) is 28.9 Å². The summed E-state index contributed by atoms with van der Waals surface area (Å²) in [6, 6.07) is 9.53. The molecular weight excluding hydrogens is 398 g/mol. The molecule has 1 aromatic carbocycles. The minimum Gasteiger partial charge on any atom is -0.486 e. The molecule has 1 heterocycles. The highest BCUT2D eigenvalue weighted by atomic mass is 32.1. The van der Waals surface area contributed by atoms with E-state index in [9.17, 15) is 9.59 Å². The van der Waals surface area contributed by atoms with Crippen molar-refractivity contribution in [3.05, 3.63) is 46.4 Å². The lowest BCUT2D eigenvalue weighted by molar-refractivity contribution is -0.125. The summed E-state index contributed by atoms with van der Waals surface area (Å²) in [6.07, 6.45) is 8.20. The van der Waals surface area contributed by atoms with Crippen LogP contribution >= 0.6 is 11.3 Å². The van der Waals surface area contributed by atoms with Crippen molar-refractivity contribution in [1.82, 2.24) is 15.6 Å². The Morgan fingerprint density at radius 3 is 2.37 bits per heavy atom. The van der Waals surface area contributed by atoms with E-state index in [0.717, 1.165) is 62.1 Å². The molecule has 6 nitrogen and oxygen atoms in total. The van der Waals surface area contributed by atoms with Crippen LogP contribution in [0.25, 0.3) is 0 Å². The normalized spacial score (nSPS) is 21.9. The monoisotopic (exact) mass is 427 g/mol. The molecule has 2 atom stereocenters. The third-order valence-electron chi connectivity index (χ3n) is 6.03. The molecule has 30 heavy (non-hydrogen) atoms. The SMILES string of the molecule is O=C(NC1CCCCC1NC(=O)C1CCCC1)c1csc(COc2ccccc2)n1. The smallest absolute Gasteiger partial charge is 0.271 e. The summed E-state index contributed by atoms with van der Waals surface area (Å²) in [5.41, 5.74) is 0.415. The number of para-hydroxylation sites is 1. The zero-order chi connectivity index (χ0) is 20.8. The highest BCUT2D eigenvalue weighted by Gasteiger charge is 2.31. The maximum Gasteiger partial charge on any atom is 0.271 e. The number of carbonyl (C=O) groups is 2. The van der Waals surface area contributed by atoms with Crippen molar-refractivity contribution in [2.75, 3.05) is 0 Å². The number of ether oxygens (including phenoxy) is 1. The fraction of sp³-hybridized carbons (Fsp3) is 0.522. The first-order valence-electron chi connectivity index (χ1n) is 10.9. The second kappa shape index (κ2) is 10.1. The maximum atomic E-state index is 12.8. The third-order valence-corrected chi connectivity index (χ3v) is 6.85. The van der Waals surface area contributed by atoms with Gasteiger partial charge in [0.25, 0.3) is 5.91 Å². The van der Waals surface area contributed by atoms with Gasteiger partial charge in [0.1, 0.15) is 23.1 Å². The molecule has 2 aromatic rings. The quantitative estimate of drug-likeness (QED) is 0.698. The van der Waals surface area contributed by atoms with Crippen molar-refractivity contribution < 1.29 is 14.3 Å². The average Bonchev–Trinajstić information content (AvgIpc) is 3.47. The molecule has 2 saturated carbocycles. The van der Waals surface area contributed by atoms with Gasteiger partial charge in [0.05, 0.1) is 0 Å². The molecule has 2 N–H and O–H groups in total. The topological polar surface area (TPSA) is 80.3 Å². The van der Waals surface area contributed by atoms with Gasteiger partial charge in [-0.3, -0.25) is 9.59 Å². The van der Waals surface area contributed by atoms with Gasteiger partial charge in [-0.05, 0) is 37.8 Å². The fourth-order valence-electron chi connectivity index (χ4n) is 4.35. The summed E-state index contributed by atoms with van der Waals surface area (Å²) < 4.78 is 5.71. The van der Waals surface area contributed by atoms with Crippen LogP contribution in [0.1, 0.15) is 66.9 Å². The van der Waals surface area contributed by atoms with E-state index >= 15 is 0 Å². The number of benzene rings is 1. The molecule has 0 spiro atoms. The van der Waals surface area contributed by atoms with Crippen molar-refractivity contribution in [2.45, 2.75) is 70.1 Å². The van der Waals surface area contributed by atoms with Crippen molar-refractivity contribution in [3.63, 3.8) is 0 Å². The molecule has 2 aliphatic rings. The lowest BCUT2D eigenvalue weighted by atomic mass is 9.89. The Labute approximate surface area is 181 Å². The van der Waals surface area contributed by atoms with E-state index in [2.05, 4.69) is 15.6 Å². The molecule has 2 unspecified atom stereocenters. The van der Waals surface area contributed by atoms with E-state index in [1.807, 2.05) is 30.3 Å². The molecule has 2 aliphatic carbocycles. The number of rotatable bonds is 7. The Morgan fingerprint density at radius 1 is 0.967 bits per heavy atom. The van der Waals surface area contributed by atoms with Crippen LogP contribution in [0.5, 0.6) is 5.75 Å².